The Morgan fingerprint density at radius 2 is 2.00 bits per heavy atom. The molecule has 0 bridgehead atoms. The molecule has 1 aromatic carbocycles. The van der Waals surface area contributed by atoms with Gasteiger partial charge in [0.15, 0.2) is 5.52 Å². The number of benzene rings is 1. The van der Waals surface area contributed by atoms with Crippen molar-refractivity contribution in [1.29, 1.82) is 0 Å². The number of anilines is 1. The molecule has 1 amide bonds. The summed E-state index contributed by atoms with van der Waals surface area (Å²) in [5.74, 6) is 0.351. The van der Waals surface area contributed by atoms with Crippen LogP contribution in [0, 0.1) is 0 Å². The van der Waals surface area contributed by atoms with Gasteiger partial charge in [-0.1, -0.05) is 18.2 Å². The highest BCUT2D eigenvalue weighted by atomic mass is 32.1. The lowest BCUT2D eigenvalue weighted by Crippen LogP contribution is -2.49. The summed E-state index contributed by atoms with van der Waals surface area (Å²) in [4.78, 5) is 34.3. The Morgan fingerprint density at radius 3 is 2.74 bits per heavy atom. The maximum absolute atomic E-state index is 12.7. The number of carbonyl (C=O) groups excluding carboxylic acids is 1. The Morgan fingerprint density at radius 1 is 1.20 bits per heavy atom. The van der Waals surface area contributed by atoms with E-state index in [1.807, 2.05) is 55.4 Å². The van der Waals surface area contributed by atoms with Crippen LogP contribution in [0.15, 0.2) is 60.0 Å². The van der Waals surface area contributed by atoms with Crippen LogP contribution in [-0.4, -0.2) is 78.0 Å². The summed E-state index contributed by atoms with van der Waals surface area (Å²) >= 11 is 0. The number of rotatable bonds is 6. The molecule has 2 aromatic heterocycles. The molecule has 182 valence electrons. The van der Waals surface area contributed by atoms with E-state index < -0.39 is 0 Å². The summed E-state index contributed by atoms with van der Waals surface area (Å²) in [7, 11) is 4.01. The van der Waals surface area contributed by atoms with E-state index in [1.54, 1.807) is 23.5 Å². The second kappa shape index (κ2) is 10.8. The third-order valence-electron chi connectivity index (χ3n) is 5.83. The molecule has 0 radical (unpaired) electrons. The molecule has 0 unspecified atom stereocenters. The maximum Gasteiger partial charge on any atom is 0.268 e. The zero-order chi connectivity index (χ0) is 23.5. The van der Waals surface area contributed by atoms with Crippen LogP contribution in [0.1, 0.15) is 6.42 Å². The zero-order valence-corrected chi connectivity index (χ0v) is 20.7. The van der Waals surface area contributed by atoms with Gasteiger partial charge in [-0.25, -0.2) is 9.97 Å². The molecule has 1 saturated heterocycles. The van der Waals surface area contributed by atoms with Gasteiger partial charge in [0.25, 0.3) is 5.91 Å². The van der Waals surface area contributed by atoms with Crippen LogP contribution < -0.4 is 9.64 Å². The molecule has 3 aromatic rings. The number of aliphatic imine (C=N–C) groups is 1. The van der Waals surface area contributed by atoms with Crippen molar-refractivity contribution in [3.8, 4) is 17.1 Å². The van der Waals surface area contributed by atoms with Crippen LogP contribution in [0.25, 0.3) is 22.3 Å². The second-order valence-corrected chi connectivity index (χ2v) is 8.40. The number of pyridine rings is 1. The summed E-state index contributed by atoms with van der Waals surface area (Å²) in [6, 6.07) is 10.1. The summed E-state index contributed by atoms with van der Waals surface area (Å²) in [5, 5.41) is 0. The molecule has 0 saturated carbocycles. The predicted octanol–water partition coefficient (Wildman–Crippen LogP) is 2.84. The molecule has 35 heavy (non-hydrogen) atoms. The van der Waals surface area contributed by atoms with Crippen LogP contribution in [0.3, 0.4) is 0 Å². The van der Waals surface area contributed by atoms with E-state index in [1.165, 1.54) is 0 Å². The summed E-state index contributed by atoms with van der Waals surface area (Å²) in [6.07, 6.45) is 7.13. The SMILES string of the molecule is CN(C)c1ccc(-c2cc3nccnc3c(OC[C@@H]3CN(C(=O)C4=NC=CC4)CCO3)n2)cc1.S. The molecular formula is C25H28N6O3S. The van der Waals surface area contributed by atoms with Gasteiger partial charge < -0.3 is 19.3 Å². The van der Waals surface area contributed by atoms with Gasteiger partial charge in [0.2, 0.25) is 5.88 Å². The average Bonchev–Trinajstić information content (AvgIpc) is 3.42. The fourth-order valence-electron chi connectivity index (χ4n) is 3.98. The number of nitrogens with zero attached hydrogens (tertiary/aromatic N) is 6. The first-order valence-corrected chi connectivity index (χ1v) is 11.2. The van der Waals surface area contributed by atoms with E-state index in [9.17, 15) is 4.79 Å². The smallest absolute Gasteiger partial charge is 0.268 e. The van der Waals surface area contributed by atoms with Gasteiger partial charge in [-0.3, -0.25) is 14.8 Å². The highest BCUT2D eigenvalue weighted by Gasteiger charge is 2.28. The Kier molecular flexibility index (Phi) is 7.62. The number of hydrogen-bond acceptors (Lipinski definition) is 8. The Hall–Kier alpha value is -3.50. The quantitative estimate of drug-likeness (QED) is 0.522. The number of carbonyl (C=O) groups is 1. The van der Waals surface area contributed by atoms with Crippen LogP contribution in [0.5, 0.6) is 5.88 Å². The minimum absolute atomic E-state index is 0. The Labute approximate surface area is 211 Å². The lowest BCUT2D eigenvalue weighted by Gasteiger charge is -2.32. The number of fused-ring (bicyclic) bond motifs is 1. The molecule has 5 rings (SSSR count). The molecule has 4 heterocycles. The van der Waals surface area contributed by atoms with Crippen molar-refractivity contribution in [3.05, 3.63) is 55.0 Å². The van der Waals surface area contributed by atoms with Gasteiger partial charge in [-0.15, -0.1) is 0 Å². The molecule has 10 heteroatoms. The molecular weight excluding hydrogens is 464 g/mol. The topological polar surface area (TPSA) is 93.0 Å². The zero-order valence-electron chi connectivity index (χ0n) is 19.7. The van der Waals surface area contributed by atoms with Gasteiger partial charge in [0.1, 0.15) is 18.4 Å². The minimum atomic E-state index is -0.274. The fraction of sp³-hybridized carbons (Fsp3) is 0.320. The van der Waals surface area contributed by atoms with Crippen LogP contribution in [0.4, 0.5) is 5.69 Å². The third-order valence-corrected chi connectivity index (χ3v) is 5.83. The standard InChI is InChI=1S/C25H26N6O3.H2S/c1-30(2)18-7-5-17(6-8-18)21-14-22-23(28-11-10-27-22)24(29-21)34-16-19-15-31(12-13-33-19)25(32)20-4-3-9-26-20;/h3,5-11,14,19H,4,12-13,15-16H2,1-2H3;1H2/t19-;/m0./s1. The fourth-order valence-corrected chi connectivity index (χ4v) is 3.98. The van der Waals surface area contributed by atoms with Crippen molar-refractivity contribution in [1.82, 2.24) is 19.9 Å². The monoisotopic (exact) mass is 492 g/mol. The van der Waals surface area contributed by atoms with Crippen molar-refractivity contribution in [3.63, 3.8) is 0 Å². The Balaban J connectivity index is 0.00000289. The van der Waals surface area contributed by atoms with Crippen LogP contribution in [-0.2, 0) is 9.53 Å². The Bertz CT molecular complexity index is 1260. The van der Waals surface area contributed by atoms with Crippen LogP contribution >= 0.6 is 13.5 Å². The van der Waals surface area contributed by atoms with Crippen molar-refractivity contribution >= 4 is 41.8 Å². The highest BCUT2D eigenvalue weighted by Crippen LogP contribution is 2.28. The number of ether oxygens (including phenoxy) is 2. The lowest BCUT2D eigenvalue weighted by molar-refractivity contribution is -0.132. The van der Waals surface area contributed by atoms with Gasteiger partial charge in [-0.05, 0) is 18.2 Å². The van der Waals surface area contributed by atoms with E-state index in [4.69, 9.17) is 14.5 Å². The lowest BCUT2D eigenvalue weighted by atomic mass is 10.1. The van der Waals surface area contributed by atoms with E-state index in [0.29, 0.717) is 48.7 Å². The van der Waals surface area contributed by atoms with E-state index in [-0.39, 0.29) is 32.1 Å². The molecule has 0 spiro atoms. The number of amides is 1. The van der Waals surface area contributed by atoms with Crippen molar-refractivity contribution in [2.75, 3.05) is 45.3 Å². The number of allylic oxidation sites excluding steroid dienone is 1. The molecule has 9 nitrogen and oxygen atoms in total. The number of morpholine rings is 1. The van der Waals surface area contributed by atoms with E-state index >= 15 is 0 Å². The molecule has 0 N–H and O–H groups in total. The molecule has 2 aliphatic rings. The molecule has 1 atom stereocenters. The number of aromatic nitrogens is 3. The molecule has 2 aliphatic heterocycles. The van der Waals surface area contributed by atoms with Gasteiger partial charge >= 0.3 is 0 Å². The first kappa shape index (κ1) is 24.6. The predicted molar refractivity (Wildman–Crippen MR) is 140 cm³/mol. The van der Waals surface area contributed by atoms with Crippen molar-refractivity contribution < 1.29 is 14.3 Å². The van der Waals surface area contributed by atoms with E-state index in [2.05, 4.69) is 15.0 Å². The summed E-state index contributed by atoms with van der Waals surface area (Å²) in [5.41, 5.74) is 4.67. The van der Waals surface area contributed by atoms with Crippen molar-refractivity contribution in [2.24, 2.45) is 4.99 Å². The van der Waals surface area contributed by atoms with Crippen LogP contribution in [0.2, 0.25) is 0 Å². The van der Waals surface area contributed by atoms with Gasteiger partial charge in [-0.2, -0.15) is 13.5 Å². The number of hydrogen-bond donors (Lipinski definition) is 0. The largest absolute Gasteiger partial charge is 0.473 e. The summed E-state index contributed by atoms with van der Waals surface area (Å²) < 4.78 is 12.0. The normalized spacial score (nSPS) is 17.1. The second-order valence-electron chi connectivity index (χ2n) is 8.40. The summed E-state index contributed by atoms with van der Waals surface area (Å²) in [6.45, 7) is 1.68. The molecule has 1 fully saturated rings. The highest BCUT2D eigenvalue weighted by molar-refractivity contribution is 7.59. The molecule has 0 aliphatic carbocycles. The van der Waals surface area contributed by atoms with E-state index in [0.717, 1.165) is 16.9 Å². The minimum Gasteiger partial charge on any atom is -0.473 e. The average molecular weight is 493 g/mol. The van der Waals surface area contributed by atoms with Crippen molar-refractivity contribution in [2.45, 2.75) is 12.5 Å². The first-order valence-electron chi connectivity index (χ1n) is 11.2. The van der Waals surface area contributed by atoms with Gasteiger partial charge in [0.05, 0.1) is 24.4 Å². The van der Waals surface area contributed by atoms with Gasteiger partial charge in [0, 0.05) is 56.9 Å². The first-order chi connectivity index (χ1) is 16.6. The maximum atomic E-state index is 12.7. The third kappa shape index (κ3) is 5.44.